The summed E-state index contributed by atoms with van der Waals surface area (Å²) in [6.07, 6.45) is 2.88. The SMILES string of the molecule is CC1CCC(Nc2ccc(Br)cc2)(C(N)=O)C(C)C1. The second-order valence-electron chi connectivity index (χ2n) is 5.75. The number of carbonyl (C=O) groups excluding carboxylic acids is 1. The fourth-order valence-electron chi connectivity index (χ4n) is 3.05. The molecule has 3 atom stereocenters. The summed E-state index contributed by atoms with van der Waals surface area (Å²) in [4.78, 5) is 12.0. The second-order valence-corrected chi connectivity index (χ2v) is 6.66. The highest BCUT2D eigenvalue weighted by molar-refractivity contribution is 9.10. The molecule has 4 heteroatoms. The number of amides is 1. The lowest BCUT2D eigenvalue weighted by Crippen LogP contribution is -2.57. The molecular formula is C15H21BrN2O. The molecule has 104 valence electrons. The lowest BCUT2D eigenvalue weighted by atomic mass is 9.69. The molecule has 3 N–H and O–H groups in total. The average molecular weight is 325 g/mol. The van der Waals surface area contributed by atoms with Crippen LogP contribution >= 0.6 is 15.9 Å². The normalized spacial score (nSPS) is 30.9. The van der Waals surface area contributed by atoms with E-state index in [1.54, 1.807) is 0 Å². The third-order valence-corrected chi connectivity index (χ3v) is 4.81. The Morgan fingerprint density at radius 3 is 2.53 bits per heavy atom. The molecule has 3 unspecified atom stereocenters. The number of halogens is 1. The maximum absolute atomic E-state index is 12.0. The Hall–Kier alpha value is -1.03. The zero-order valence-electron chi connectivity index (χ0n) is 11.4. The van der Waals surface area contributed by atoms with Crippen molar-refractivity contribution in [3.63, 3.8) is 0 Å². The van der Waals surface area contributed by atoms with Crippen molar-refractivity contribution in [3.8, 4) is 0 Å². The summed E-state index contributed by atoms with van der Waals surface area (Å²) in [7, 11) is 0. The minimum atomic E-state index is -0.611. The van der Waals surface area contributed by atoms with E-state index in [4.69, 9.17) is 5.73 Å². The first-order valence-corrected chi connectivity index (χ1v) is 7.57. The van der Waals surface area contributed by atoms with Crippen LogP contribution in [0.1, 0.15) is 33.1 Å². The summed E-state index contributed by atoms with van der Waals surface area (Å²) in [6, 6.07) is 7.87. The number of nitrogens with two attached hydrogens (primary N) is 1. The van der Waals surface area contributed by atoms with E-state index in [9.17, 15) is 4.79 Å². The van der Waals surface area contributed by atoms with Gasteiger partial charge in [-0.1, -0.05) is 29.8 Å². The van der Waals surface area contributed by atoms with Crippen LogP contribution in [0.25, 0.3) is 0 Å². The Morgan fingerprint density at radius 1 is 1.37 bits per heavy atom. The largest absolute Gasteiger partial charge is 0.371 e. The van der Waals surface area contributed by atoms with Gasteiger partial charge in [-0.05, 0) is 55.4 Å². The third kappa shape index (κ3) is 2.94. The minimum absolute atomic E-state index is 0.241. The van der Waals surface area contributed by atoms with Gasteiger partial charge in [0.2, 0.25) is 5.91 Å². The van der Waals surface area contributed by atoms with E-state index >= 15 is 0 Å². The predicted molar refractivity (Wildman–Crippen MR) is 81.9 cm³/mol. The van der Waals surface area contributed by atoms with E-state index in [-0.39, 0.29) is 11.8 Å². The van der Waals surface area contributed by atoms with Crippen molar-refractivity contribution in [2.45, 2.75) is 38.6 Å². The van der Waals surface area contributed by atoms with E-state index in [0.29, 0.717) is 5.92 Å². The highest BCUT2D eigenvalue weighted by Gasteiger charge is 2.45. The Kier molecular flexibility index (Phi) is 4.19. The molecule has 1 saturated carbocycles. The molecule has 0 aliphatic heterocycles. The summed E-state index contributed by atoms with van der Waals surface area (Å²) < 4.78 is 1.02. The van der Waals surface area contributed by atoms with Gasteiger partial charge in [0.15, 0.2) is 0 Å². The summed E-state index contributed by atoms with van der Waals surface area (Å²) in [5.74, 6) is 0.668. The van der Waals surface area contributed by atoms with Crippen molar-refractivity contribution < 1.29 is 4.79 Å². The average Bonchev–Trinajstić information content (AvgIpc) is 2.35. The van der Waals surface area contributed by atoms with Crippen molar-refractivity contribution >= 4 is 27.5 Å². The van der Waals surface area contributed by atoms with Crippen LogP contribution in [0.3, 0.4) is 0 Å². The van der Waals surface area contributed by atoms with Crippen molar-refractivity contribution in [2.24, 2.45) is 17.6 Å². The molecule has 0 bridgehead atoms. The van der Waals surface area contributed by atoms with Crippen molar-refractivity contribution in [3.05, 3.63) is 28.7 Å². The number of anilines is 1. The zero-order chi connectivity index (χ0) is 14.0. The van der Waals surface area contributed by atoms with Crippen LogP contribution in [0.5, 0.6) is 0 Å². The van der Waals surface area contributed by atoms with Crippen LogP contribution in [0.2, 0.25) is 0 Å². The van der Waals surface area contributed by atoms with Gasteiger partial charge in [-0.25, -0.2) is 0 Å². The zero-order valence-corrected chi connectivity index (χ0v) is 13.0. The Labute approximate surface area is 123 Å². The first-order valence-electron chi connectivity index (χ1n) is 6.77. The highest BCUT2D eigenvalue weighted by Crippen LogP contribution is 2.39. The van der Waals surface area contributed by atoms with Crippen LogP contribution in [0.15, 0.2) is 28.7 Å². The third-order valence-electron chi connectivity index (χ3n) is 4.28. The van der Waals surface area contributed by atoms with Crippen LogP contribution in [0.4, 0.5) is 5.69 Å². The van der Waals surface area contributed by atoms with E-state index in [0.717, 1.165) is 29.4 Å². The summed E-state index contributed by atoms with van der Waals surface area (Å²) in [5, 5.41) is 3.40. The first kappa shape index (κ1) is 14.4. The summed E-state index contributed by atoms with van der Waals surface area (Å²) >= 11 is 3.41. The van der Waals surface area contributed by atoms with E-state index in [1.807, 2.05) is 24.3 Å². The lowest BCUT2D eigenvalue weighted by molar-refractivity contribution is -0.125. The van der Waals surface area contributed by atoms with Gasteiger partial charge in [0.05, 0.1) is 0 Å². The molecule has 1 aromatic carbocycles. The molecule has 1 aromatic rings. The second kappa shape index (κ2) is 5.53. The van der Waals surface area contributed by atoms with Crippen LogP contribution < -0.4 is 11.1 Å². The Balaban J connectivity index is 2.25. The molecule has 0 saturated heterocycles. The number of hydrogen-bond donors (Lipinski definition) is 2. The van der Waals surface area contributed by atoms with Gasteiger partial charge in [-0.2, -0.15) is 0 Å². The molecule has 1 fully saturated rings. The smallest absolute Gasteiger partial charge is 0.243 e. The topological polar surface area (TPSA) is 55.1 Å². The molecule has 0 spiro atoms. The van der Waals surface area contributed by atoms with E-state index in [2.05, 4.69) is 35.1 Å². The summed E-state index contributed by atoms with van der Waals surface area (Å²) in [5.41, 5.74) is 6.04. The fraction of sp³-hybridized carbons (Fsp3) is 0.533. The van der Waals surface area contributed by atoms with Gasteiger partial charge < -0.3 is 11.1 Å². The van der Waals surface area contributed by atoms with Crippen molar-refractivity contribution in [1.29, 1.82) is 0 Å². The first-order chi connectivity index (χ1) is 8.94. The number of hydrogen-bond acceptors (Lipinski definition) is 2. The number of carbonyl (C=O) groups is 1. The number of nitrogens with one attached hydrogen (secondary N) is 1. The fourth-order valence-corrected chi connectivity index (χ4v) is 3.31. The molecule has 1 amide bonds. The number of rotatable bonds is 3. The molecule has 3 nitrogen and oxygen atoms in total. The number of benzene rings is 1. The van der Waals surface area contributed by atoms with Crippen molar-refractivity contribution in [1.82, 2.24) is 0 Å². The predicted octanol–water partition coefficient (Wildman–Crippen LogP) is 3.54. The van der Waals surface area contributed by atoms with Gasteiger partial charge in [0.1, 0.15) is 5.54 Å². The van der Waals surface area contributed by atoms with Gasteiger partial charge in [-0.15, -0.1) is 0 Å². The van der Waals surface area contributed by atoms with Crippen LogP contribution in [0, 0.1) is 11.8 Å². The van der Waals surface area contributed by atoms with Crippen LogP contribution in [-0.2, 0) is 4.79 Å². The maximum atomic E-state index is 12.0. The molecule has 1 aliphatic carbocycles. The highest BCUT2D eigenvalue weighted by atomic mass is 79.9. The quantitative estimate of drug-likeness (QED) is 0.893. The van der Waals surface area contributed by atoms with Gasteiger partial charge in [-0.3, -0.25) is 4.79 Å². The maximum Gasteiger partial charge on any atom is 0.243 e. The minimum Gasteiger partial charge on any atom is -0.371 e. The Morgan fingerprint density at radius 2 is 2.00 bits per heavy atom. The van der Waals surface area contributed by atoms with Crippen molar-refractivity contribution in [2.75, 3.05) is 5.32 Å². The molecule has 0 radical (unpaired) electrons. The molecule has 19 heavy (non-hydrogen) atoms. The molecule has 0 aromatic heterocycles. The van der Waals surface area contributed by atoms with Gasteiger partial charge in [0, 0.05) is 10.2 Å². The standard InChI is InChI=1S/C15H21BrN2O/c1-10-7-8-15(14(17)19,11(2)9-10)18-13-5-3-12(16)4-6-13/h3-6,10-11,18H,7-9H2,1-2H3,(H2,17,19). The Bertz CT molecular complexity index is 460. The number of primary amides is 1. The molecule has 0 heterocycles. The van der Waals surface area contributed by atoms with Gasteiger partial charge >= 0.3 is 0 Å². The lowest BCUT2D eigenvalue weighted by Gasteiger charge is -2.43. The van der Waals surface area contributed by atoms with Gasteiger partial charge in [0.25, 0.3) is 0 Å². The summed E-state index contributed by atoms with van der Waals surface area (Å²) in [6.45, 7) is 4.35. The molecule has 2 rings (SSSR count). The molecular weight excluding hydrogens is 304 g/mol. The van der Waals surface area contributed by atoms with E-state index < -0.39 is 5.54 Å². The molecule has 1 aliphatic rings. The van der Waals surface area contributed by atoms with Crippen LogP contribution in [-0.4, -0.2) is 11.4 Å². The monoisotopic (exact) mass is 324 g/mol. The van der Waals surface area contributed by atoms with E-state index in [1.165, 1.54) is 0 Å².